The van der Waals surface area contributed by atoms with E-state index in [1.165, 1.54) is 32.4 Å². The normalized spacial score (nSPS) is 31.1. The zero-order chi connectivity index (χ0) is 11.6. The molecule has 0 aromatic carbocycles. The summed E-state index contributed by atoms with van der Waals surface area (Å²) in [6.07, 6.45) is 4.69. The maximum Gasteiger partial charge on any atom is 0.181 e. The van der Waals surface area contributed by atoms with Crippen molar-refractivity contribution in [3.8, 4) is 0 Å². The Kier molecular flexibility index (Phi) is 3.66. The van der Waals surface area contributed by atoms with Gasteiger partial charge in [-0.3, -0.25) is 4.90 Å². The van der Waals surface area contributed by atoms with Crippen LogP contribution in [0.2, 0.25) is 0 Å². The maximum absolute atomic E-state index is 5.81. The Balaban J connectivity index is 1.52. The molecule has 4 heteroatoms. The van der Waals surface area contributed by atoms with Crippen molar-refractivity contribution in [3.05, 3.63) is 0 Å². The van der Waals surface area contributed by atoms with Crippen LogP contribution in [0.3, 0.4) is 0 Å². The average Bonchev–Trinajstić information content (AvgIpc) is 2.79. The molecular formula is C13H23NO3. The molecule has 1 spiro atoms. The van der Waals surface area contributed by atoms with Crippen LogP contribution >= 0.6 is 0 Å². The Morgan fingerprint density at radius 2 is 1.82 bits per heavy atom. The number of ether oxygens (including phenoxy) is 3. The zero-order valence-corrected chi connectivity index (χ0v) is 10.5. The second kappa shape index (κ2) is 5.22. The van der Waals surface area contributed by atoms with Crippen LogP contribution in [0.15, 0.2) is 0 Å². The van der Waals surface area contributed by atoms with Crippen molar-refractivity contribution in [2.75, 3.05) is 46.1 Å². The largest absolute Gasteiger partial charge is 0.381 e. The monoisotopic (exact) mass is 241 g/mol. The highest BCUT2D eigenvalue weighted by atomic mass is 16.7. The first-order valence-electron chi connectivity index (χ1n) is 6.94. The van der Waals surface area contributed by atoms with Crippen molar-refractivity contribution in [2.24, 2.45) is 5.92 Å². The Labute approximate surface area is 103 Å². The Morgan fingerprint density at radius 1 is 1.06 bits per heavy atom. The van der Waals surface area contributed by atoms with Gasteiger partial charge in [0.1, 0.15) is 0 Å². The number of rotatable bonds is 2. The lowest BCUT2D eigenvalue weighted by molar-refractivity contribution is -0.190. The van der Waals surface area contributed by atoms with E-state index < -0.39 is 0 Å². The fourth-order valence-electron chi connectivity index (χ4n) is 3.25. The number of nitrogens with zero attached hydrogens (tertiary/aromatic N) is 1. The smallest absolute Gasteiger partial charge is 0.181 e. The van der Waals surface area contributed by atoms with E-state index >= 15 is 0 Å². The van der Waals surface area contributed by atoms with Crippen LogP contribution in [0, 0.1) is 5.92 Å². The van der Waals surface area contributed by atoms with Gasteiger partial charge in [0.25, 0.3) is 0 Å². The Hall–Kier alpha value is -0.160. The van der Waals surface area contributed by atoms with Crippen LogP contribution < -0.4 is 0 Å². The molecule has 0 aromatic heterocycles. The van der Waals surface area contributed by atoms with Gasteiger partial charge in [0, 0.05) is 26.2 Å². The van der Waals surface area contributed by atoms with E-state index in [4.69, 9.17) is 14.2 Å². The molecular weight excluding hydrogens is 218 g/mol. The highest BCUT2D eigenvalue weighted by Crippen LogP contribution is 2.31. The van der Waals surface area contributed by atoms with E-state index in [-0.39, 0.29) is 5.79 Å². The molecule has 0 aromatic rings. The van der Waals surface area contributed by atoms with E-state index in [1.807, 2.05) is 0 Å². The third-order valence-electron chi connectivity index (χ3n) is 4.17. The molecule has 0 aliphatic carbocycles. The van der Waals surface area contributed by atoms with Gasteiger partial charge >= 0.3 is 0 Å². The summed E-state index contributed by atoms with van der Waals surface area (Å²) >= 11 is 0. The van der Waals surface area contributed by atoms with Gasteiger partial charge in [-0.25, -0.2) is 0 Å². The van der Waals surface area contributed by atoms with Crippen LogP contribution in [0.25, 0.3) is 0 Å². The highest BCUT2D eigenvalue weighted by molar-refractivity contribution is 4.85. The molecule has 0 radical (unpaired) electrons. The van der Waals surface area contributed by atoms with Crippen molar-refractivity contribution < 1.29 is 14.2 Å². The number of hydrogen-bond acceptors (Lipinski definition) is 4. The molecule has 3 saturated heterocycles. The van der Waals surface area contributed by atoms with Gasteiger partial charge in [0.2, 0.25) is 0 Å². The fourth-order valence-corrected chi connectivity index (χ4v) is 3.25. The lowest BCUT2D eigenvalue weighted by Crippen LogP contribution is -2.50. The second-order valence-electron chi connectivity index (χ2n) is 5.50. The van der Waals surface area contributed by atoms with Crippen molar-refractivity contribution in [3.63, 3.8) is 0 Å². The summed E-state index contributed by atoms with van der Waals surface area (Å²) in [5.41, 5.74) is 0. The summed E-state index contributed by atoms with van der Waals surface area (Å²) in [5.74, 6) is 0.545. The summed E-state index contributed by atoms with van der Waals surface area (Å²) < 4.78 is 17.0. The second-order valence-corrected chi connectivity index (χ2v) is 5.50. The molecule has 0 saturated carbocycles. The molecule has 0 atom stereocenters. The van der Waals surface area contributed by atoms with E-state index in [0.717, 1.165) is 45.3 Å². The van der Waals surface area contributed by atoms with Gasteiger partial charge in [0.15, 0.2) is 5.79 Å². The molecule has 3 aliphatic heterocycles. The van der Waals surface area contributed by atoms with Gasteiger partial charge in [-0.05, 0) is 31.7 Å². The third-order valence-corrected chi connectivity index (χ3v) is 4.17. The molecule has 4 nitrogen and oxygen atoms in total. The van der Waals surface area contributed by atoms with Crippen molar-refractivity contribution in [2.45, 2.75) is 31.5 Å². The molecule has 0 unspecified atom stereocenters. The molecule has 17 heavy (non-hydrogen) atoms. The van der Waals surface area contributed by atoms with Crippen LogP contribution in [0.4, 0.5) is 0 Å². The molecule has 0 N–H and O–H groups in total. The number of piperidine rings is 1. The minimum atomic E-state index is -0.260. The Morgan fingerprint density at radius 3 is 2.59 bits per heavy atom. The highest BCUT2D eigenvalue weighted by Gasteiger charge is 2.40. The van der Waals surface area contributed by atoms with Gasteiger partial charge in [-0.2, -0.15) is 0 Å². The molecule has 3 aliphatic rings. The fraction of sp³-hybridized carbons (Fsp3) is 1.00. The molecule has 0 amide bonds. The lowest BCUT2D eigenvalue weighted by Gasteiger charge is -2.40. The molecule has 98 valence electrons. The van der Waals surface area contributed by atoms with E-state index in [1.54, 1.807) is 0 Å². The van der Waals surface area contributed by atoms with Gasteiger partial charge < -0.3 is 14.2 Å². The van der Waals surface area contributed by atoms with Crippen molar-refractivity contribution >= 4 is 0 Å². The van der Waals surface area contributed by atoms with Crippen LogP contribution in [0.5, 0.6) is 0 Å². The summed E-state index contributed by atoms with van der Waals surface area (Å²) in [7, 11) is 0. The summed E-state index contributed by atoms with van der Waals surface area (Å²) in [6, 6.07) is 0. The molecule has 3 rings (SSSR count). The summed E-state index contributed by atoms with van der Waals surface area (Å²) in [4.78, 5) is 2.53. The first-order chi connectivity index (χ1) is 8.36. The minimum Gasteiger partial charge on any atom is -0.381 e. The topological polar surface area (TPSA) is 30.9 Å². The SMILES string of the molecule is C1CN(CC2CCOCC2)CC2(C1)OCCO2. The van der Waals surface area contributed by atoms with Crippen molar-refractivity contribution in [1.82, 2.24) is 4.90 Å². The maximum atomic E-state index is 5.81. The van der Waals surface area contributed by atoms with Gasteiger partial charge in [-0.15, -0.1) is 0 Å². The zero-order valence-electron chi connectivity index (χ0n) is 10.5. The number of hydrogen-bond donors (Lipinski definition) is 0. The van der Waals surface area contributed by atoms with E-state index in [0.29, 0.717) is 0 Å². The van der Waals surface area contributed by atoms with E-state index in [2.05, 4.69) is 4.90 Å². The first-order valence-corrected chi connectivity index (χ1v) is 6.94. The summed E-state index contributed by atoms with van der Waals surface area (Å²) in [5, 5.41) is 0. The molecule has 3 fully saturated rings. The molecule has 3 heterocycles. The van der Waals surface area contributed by atoms with Crippen LogP contribution in [-0.4, -0.2) is 56.7 Å². The lowest BCUT2D eigenvalue weighted by atomic mass is 9.97. The van der Waals surface area contributed by atoms with Gasteiger partial charge in [0.05, 0.1) is 19.8 Å². The summed E-state index contributed by atoms with van der Waals surface area (Å²) in [6.45, 7) is 6.78. The van der Waals surface area contributed by atoms with E-state index in [9.17, 15) is 0 Å². The van der Waals surface area contributed by atoms with Gasteiger partial charge in [-0.1, -0.05) is 0 Å². The minimum absolute atomic E-state index is 0.260. The quantitative estimate of drug-likeness (QED) is 0.728. The predicted octanol–water partition coefficient (Wildman–Crippen LogP) is 1.25. The standard InChI is InChI=1S/C13H23NO3/c1-4-13(16-8-9-17-13)11-14(5-1)10-12-2-6-15-7-3-12/h12H,1-11H2. The predicted molar refractivity (Wildman–Crippen MR) is 63.9 cm³/mol. The first kappa shape index (κ1) is 11.9. The number of likely N-dealkylation sites (tertiary alicyclic amines) is 1. The third kappa shape index (κ3) is 2.81. The van der Waals surface area contributed by atoms with Crippen LogP contribution in [0.1, 0.15) is 25.7 Å². The van der Waals surface area contributed by atoms with Crippen molar-refractivity contribution in [1.29, 1.82) is 0 Å². The Bertz CT molecular complexity index is 247. The average molecular weight is 241 g/mol. The van der Waals surface area contributed by atoms with Crippen LogP contribution in [-0.2, 0) is 14.2 Å². The molecule has 0 bridgehead atoms.